The molecule has 2 N–H and O–H groups in total. The predicted octanol–water partition coefficient (Wildman–Crippen LogP) is 0.959. The molecule has 1 heterocycles. The summed E-state index contributed by atoms with van der Waals surface area (Å²) < 4.78 is 29.6. The average Bonchev–Trinajstić information content (AvgIpc) is 3.06. The number of aromatic nitrogens is 2. The fourth-order valence-electron chi connectivity index (χ4n) is 2.67. The van der Waals surface area contributed by atoms with E-state index in [0.717, 1.165) is 12.8 Å². The van der Waals surface area contributed by atoms with Gasteiger partial charge < -0.3 is 5.11 Å². The standard InChI is InChI=1S/C13H23N3O3S/c1-9-12(10(2)16(14-9)7-8-17)20(18,19)15-13(3,4)11-5-6-11/h11,15,17H,5-8H2,1-4H3. The summed E-state index contributed by atoms with van der Waals surface area (Å²) in [6, 6.07) is 0. The summed E-state index contributed by atoms with van der Waals surface area (Å²) >= 11 is 0. The number of hydrogen-bond acceptors (Lipinski definition) is 4. The van der Waals surface area contributed by atoms with Gasteiger partial charge in [-0.2, -0.15) is 5.10 Å². The van der Waals surface area contributed by atoms with E-state index in [2.05, 4.69) is 9.82 Å². The van der Waals surface area contributed by atoms with Gasteiger partial charge in [-0.05, 0) is 46.5 Å². The maximum absolute atomic E-state index is 12.6. The first-order valence-electron chi connectivity index (χ1n) is 6.88. The van der Waals surface area contributed by atoms with Crippen LogP contribution in [-0.2, 0) is 16.6 Å². The Labute approximate surface area is 120 Å². The molecular formula is C13H23N3O3S. The summed E-state index contributed by atoms with van der Waals surface area (Å²) in [7, 11) is -3.60. The number of nitrogens with zero attached hydrogens (tertiary/aromatic N) is 2. The van der Waals surface area contributed by atoms with Gasteiger partial charge in [0.1, 0.15) is 4.90 Å². The van der Waals surface area contributed by atoms with Gasteiger partial charge in [0, 0.05) is 5.54 Å². The fraction of sp³-hybridized carbons (Fsp3) is 0.769. The Morgan fingerprint density at radius 1 is 1.40 bits per heavy atom. The molecule has 1 aliphatic rings. The van der Waals surface area contributed by atoms with E-state index < -0.39 is 15.6 Å². The number of hydrogen-bond donors (Lipinski definition) is 2. The first-order valence-corrected chi connectivity index (χ1v) is 8.36. The molecule has 1 fully saturated rings. The van der Waals surface area contributed by atoms with Crippen LogP contribution in [0.15, 0.2) is 4.90 Å². The first kappa shape index (κ1) is 15.5. The summed E-state index contributed by atoms with van der Waals surface area (Å²) in [6.45, 7) is 7.47. The van der Waals surface area contributed by atoms with Gasteiger partial charge in [0.05, 0.1) is 24.5 Å². The van der Waals surface area contributed by atoms with Crippen LogP contribution in [0.5, 0.6) is 0 Å². The normalized spacial score (nSPS) is 16.6. The van der Waals surface area contributed by atoms with E-state index in [1.807, 2.05) is 13.8 Å². The predicted molar refractivity (Wildman–Crippen MR) is 75.9 cm³/mol. The third kappa shape index (κ3) is 2.89. The second-order valence-electron chi connectivity index (χ2n) is 6.05. The van der Waals surface area contributed by atoms with E-state index in [1.165, 1.54) is 4.68 Å². The molecule has 0 bridgehead atoms. The van der Waals surface area contributed by atoms with Gasteiger partial charge >= 0.3 is 0 Å². The SMILES string of the molecule is Cc1nn(CCO)c(C)c1S(=O)(=O)NC(C)(C)C1CC1. The van der Waals surface area contributed by atoms with Gasteiger partial charge in [0.2, 0.25) is 10.0 Å². The zero-order valence-electron chi connectivity index (χ0n) is 12.5. The van der Waals surface area contributed by atoms with Crippen molar-refractivity contribution in [2.45, 2.75) is 57.5 Å². The molecule has 0 aliphatic heterocycles. The van der Waals surface area contributed by atoms with Crippen molar-refractivity contribution in [3.05, 3.63) is 11.4 Å². The first-order chi connectivity index (χ1) is 9.19. The minimum absolute atomic E-state index is 0.0670. The van der Waals surface area contributed by atoms with Crippen molar-refractivity contribution in [2.75, 3.05) is 6.61 Å². The lowest BCUT2D eigenvalue weighted by Gasteiger charge is -2.25. The van der Waals surface area contributed by atoms with Crippen molar-refractivity contribution in [3.8, 4) is 0 Å². The molecule has 1 aliphatic carbocycles. The van der Waals surface area contributed by atoms with Crippen molar-refractivity contribution in [2.24, 2.45) is 5.92 Å². The summed E-state index contributed by atoms with van der Waals surface area (Å²) in [4.78, 5) is 0.236. The summed E-state index contributed by atoms with van der Waals surface area (Å²) in [5.74, 6) is 0.408. The van der Waals surface area contributed by atoms with Crippen LogP contribution in [0.4, 0.5) is 0 Å². The second kappa shape index (κ2) is 5.13. The quantitative estimate of drug-likeness (QED) is 0.819. The van der Waals surface area contributed by atoms with Crippen LogP contribution >= 0.6 is 0 Å². The molecular weight excluding hydrogens is 278 g/mol. The number of nitrogens with one attached hydrogen (secondary N) is 1. The number of rotatable bonds is 6. The molecule has 0 saturated heterocycles. The molecule has 0 amide bonds. The number of aliphatic hydroxyl groups is 1. The molecule has 114 valence electrons. The van der Waals surface area contributed by atoms with Crippen LogP contribution in [0.25, 0.3) is 0 Å². The molecule has 0 aromatic carbocycles. The molecule has 1 saturated carbocycles. The van der Waals surface area contributed by atoms with Crippen molar-refractivity contribution in [1.82, 2.24) is 14.5 Å². The smallest absolute Gasteiger partial charge is 0.244 e. The minimum Gasteiger partial charge on any atom is -0.394 e. The molecule has 0 radical (unpaired) electrons. The van der Waals surface area contributed by atoms with Crippen molar-refractivity contribution < 1.29 is 13.5 Å². The highest BCUT2D eigenvalue weighted by molar-refractivity contribution is 7.89. The Morgan fingerprint density at radius 3 is 2.50 bits per heavy atom. The molecule has 1 aromatic rings. The van der Waals surface area contributed by atoms with Gasteiger partial charge in [-0.25, -0.2) is 13.1 Å². The van der Waals surface area contributed by atoms with Crippen LogP contribution in [0.3, 0.4) is 0 Å². The molecule has 2 rings (SSSR count). The Balaban J connectivity index is 2.34. The second-order valence-corrected chi connectivity index (χ2v) is 7.67. The lowest BCUT2D eigenvalue weighted by atomic mass is 10.0. The summed E-state index contributed by atoms with van der Waals surface area (Å²) in [6.07, 6.45) is 2.13. The zero-order chi connectivity index (χ0) is 15.1. The highest BCUT2D eigenvalue weighted by Crippen LogP contribution is 2.40. The van der Waals surface area contributed by atoms with Crippen LogP contribution in [0.2, 0.25) is 0 Å². The number of aryl methyl sites for hydroxylation is 1. The van der Waals surface area contributed by atoms with Gasteiger partial charge in [0.15, 0.2) is 0 Å². The average molecular weight is 301 g/mol. The molecule has 6 nitrogen and oxygen atoms in total. The van der Waals surface area contributed by atoms with Crippen LogP contribution in [0, 0.1) is 19.8 Å². The van der Waals surface area contributed by atoms with Gasteiger partial charge in [-0.1, -0.05) is 0 Å². The van der Waals surface area contributed by atoms with E-state index in [1.54, 1.807) is 13.8 Å². The van der Waals surface area contributed by atoms with Crippen LogP contribution < -0.4 is 4.72 Å². The number of sulfonamides is 1. The maximum atomic E-state index is 12.6. The maximum Gasteiger partial charge on any atom is 0.244 e. The lowest BCUT2D eigenvalue weighted by Crippen LogP contribution is -2.45. The fourth-order valence-corrected chi connectivity index (χ4v) is 4.55. The van der Waals surface area contributed by atoms with Crippen molar-refractivity contribution in [3.63, 3.8) is 0 Å². The van der Waals surface area contributed by atoms with E-state index in [-0.39, 0.29) is 11.5 Å². The van der Waals surface area contributed by atoms with Crippen molar-refractivity contribution >= 4 is 10.0 Å². The van der Waals surface area contributed by atoms with Gasteiger partial charge in [-0.15, -0.1) is 0 Å². The van der Waals surface area contributed by atoms with E-state index in [0.29, 0.717) is 23.9 Å². The topological polar surface area (TPSA) is 84.2 Å². The van der Waals surface area contributed by atoms with E-state index >= 15 is 0 Å². The largest absolute Gasteiger partial charge is 0.394 e. The lowest BCUT2D eigenvalue weighted by molar-refractivity contribution is 0.267. The Morgan fingerprint density at radius 2 is 2.00 bits per heavy atom. The van der Waals surface area contributed by atoms with Crippen LogP contribution in [0.1, 0.15) is 38.1 Å². The Hall–Kier alpha value is -0.920. The van der Waals surface area contributed by atoms with E-state index in [4.69, 9.17) is 5.11 Å². The van der Waals surface area contributed by atoms with E-state index in [9.17, 15) is 8.42 Å². The third-order valence-corrected chi connectivity index (χ3v) is 5.81. The highest BCUT2D eigenvalue weighted by atomic mass is 32.2. The van der Waals surface area contributed by atoms with Crippen molar-refractivity contribution in [1.29, 1.82) is 0 Å². The minimum atomic E-state index is -3.60. The zero-order valence-corrected chi connectivity index (χ0v) is 13.3. The monoisotopic (exact) mass is 301 g/mol. The molecule has 0 spiro atoms. The van der Waals surface area contributed by atoms with Gasteiger partial charge in [-0.3, -0.25) is 4.68 Å². The van der Waals surface area contributed by atoms with Gasteiger partial charge in [0.25, 0.3) is 0 Å². The summed E-state index contributed by atoms with van der Waals surface area (Å²) in [5, 5.41) is 13.2. The van der Waals surface area contributed by atoms with Crippen LogP contribution in [-0.4, -0.2) is 35.5 Å². The Bertz CT molecular complexity index is 601. The summed E-state index contributed by atoms with van der Waals surface area (Å²) in [5.41, 5.74) is 0.599. The molecule has 0 atom stereocenters. The number of aliphatic hydroxyl groups excluding tert-OH is 1. The molecule has 1 aromatic heterocycles. The molecule has 0 unspecified atom stereocenters. The molecule has 7 heteroatoms. The Kier molecular flexibility index (Phi) is 3.96. The molecule has 20 heavy (non-hydrogen) atoms. The highest BCUT2D eigenvalue weighted by Gasteiger charge is 2.41. The third-order valence-electron chi connectivity index (χ3n) is 3.89.